The fourth-order valence-electron chi connectivity index (χ4n) is 3.32. The van der Waals surface area contributed by atoms with Gasteiger partial charge in [0.15, 0.2) is 4.34 Å². The summed E-state index contributed by atoms with van der Waals surface area (Å²) in [6.45, 7) is 3.91. The number of hydrogen-bond donors (Lipinski definition) is 1. The summed E-state index contributed by atoms with van der Waals surface area (Å²) in [5.41, 5.74) is 2.75. The number of thiazole rings is 1. The molecule has 1 N–H and O–H groups in total. The average Bonchev–Trinajstić information content (AvgIpc) is 3.40. The Morgan fingerprint density at radius 2 is 2.03 bits per heavy atom. The molecule has 1 saturated heterocycles. The van der Waals surface area contributed by atoms with Crippen LogP contribution in [0.5, 0.6) is 0 Å². The van der Waals surface area contributed by atoms with Crippen LogP contribution in [-0.4, -0.2) is 28.9 Å². The molecule has 4 rings (SSSR count). The van der Waals surface area contributed by atoms with Crippen molar-refractivity contribution in [1.82, 2.24) is 4.98 Å². The fourth-order valence-corrected chi connectivity index (χ4v) is 5.20. The van der Waals surface area contributed by atoms with E-state index in [2.05, 4.69) is 15.2 Å². The van der Waals surface area contributed by atoms with Crippen LogP contribution in [0.1, 0.15) is 28.9 Å². The lowest BCUT2D eigenvalue weighted by molar-refractivity contribution is -0.387. The largest absolute Gasteiger partial charge is 0.371 e. The number of carbonyl (C=O) groups is 1. The molecule has 154 valence electrons. The van der Waals surface area contributed by atoms with Gasteiger partial charge in [-0.05, 0) is 50.1 Å². The number of nitro benzene ring substituents is 1. The Balaban J connectivity index is 1.53. The first kappa shape index (κ1) is 20.4. The molecule has 1 amide bonds. The van der Waals surface area contributed by atoms with E-state index in [1.807, 2.05) is 36.6 Å². The summed E-state index contributed by atoms with van der Waals surface area (Å²) < 4.78 is 0.728. The van der Waals surface area contributed by atoms with Crippen molar-refractivity contribution in [2.24, 2.45) is 0 Å². The van der Waals surface area contributed by atoms with Crippen LogP contribution in [0.15, 0.2) is 57.1 Å². The van der Waals surface area contributed by atoms with E-state index in [4.69, 9.17) is 0 Å². The highest BCUT2D eigenvalue weighted by Crippen LogP contribution is 2.37. The van der Waals surface area contributed by atoms with E-state index in [9.17, 15) is 14.9 Å². The third kappa shape index (κ3) is 4.63. The number of nitrogens with zero attached hydrogens (tertiary/aromatic N) is 3. The van der Waals surface area contributed by atoms with E-state index in [0.29, 0.717) is 10.6 Å². The van der Waals surface area contributed by atoms with Crippen LogP contribution in [-0.2, 0) is 0 Å². The van der Waals surface area contributed by atoms with Gasteiger partial charge in [-0.15, -0.1) is 11.3 Å². The number of rotatable bonds is 6. The first-order valence-electron chi connectivity index (χ1n) is 9.54. The number of nitro groups is 1. The molecular weight excluding hydrogens is 420 g/mol. The van der Waals surface area contributed by atoms with Gasteiger partial charge in [-0.3, -0.25) is 14.9 Å². The van der Waals surface area contributed by atoms with Crippen molar-refractivity contribution in [1.29, 1.82) is 0 Å². The molecule has 0 bridgehead atoms. The number of benzene rings is 2. The molecule has 0 radical (unpaired) electrons. The van der Waals surface area contributed by atoms with Crippen molar-refractivity contribution in [2.75, 3.05) is 23.3 Å². The highest BCUT2D eigenvalue weighted by molar-refractivity contribution is 8.01. The van der Waals surface area contributed by atoms with Gasteiger partial charge in [0.2, 0.25) is 0 Å². The maximum Gasteiger partial charge on any atom is 0.284 e. The van der Waals surface area contributed by atoms with Crippen LogP contribution in [0.2, 0.25) is 0 Å². The smallest absolute Gasteiger partial charge is 0.284 e. The Morgan fingerprint density at radius 3 is 2.73 bits per heavy atom. The second kappa shape index (κ2) is 8.85. The molecule has 1 aliphatic heterocycles. The molecule has 0 aliphatic carbocycles. The molecule has 1 aliphatic rings. The Hall–Kier alpha value is -2.91. The van der Waals surface area contributed by atoms with Crippen LogP contribution in [0.4, 0.5) is 17.1 Å². The minimum absolute atomic E-state index is 0.105. The van der Waals surface area contributed by atoms with Gasteiger partial charge in [-0.25, -0.2) is 4.98 Å². The number of anilines is 2. The standard InChI is InChI=1S/C21H20N4O3S2/c1-14-13-29-21(22-14)30-19-8-7-15(11-18(19)25(27)28)20(26)23-16-5-4-6-17(12-16)24-9-2-3-10-24/h4-8,11-13H,2-3,9-10H2,1H3,(H,23,26). The molecule has 7 nitrogen and oxygen atoms in total. The highest BCUT2D eigenvalue weighted by atomic mass is 32.2. The van der Waals surface area contributed by atoms with E-state index in [1.165, 1.54) is 42.0 Å². The number of nitrogens with one attached hydrogen (secondary N) is 1. The number of amides is 1. The van der Waals surface area contributed by atoms with Crippen molar-refractivity contribution < 1.29 is 9.72 Å². The van der Waals surface area contributed by atoms with Crippen molar-refractivity contribution >= 4 is 46.1 Å². The summed E-state index contributed by atoms with van der Waals surface area (Å²) in [6.07, 6.45) is 2.34. The Kier molecular flexibility index (Phi) is 6.01. The molecule has 1 aromatic heterocycles. The van der Waals surface area contributed by atoms with Crippen molar-refractivity contribution in [3.8, 4) is 0 Å². The van der Waals surface area contributed by atoms with E-state index in [1.54, 1.807) is 12.1 Å². The molecule has 1 fully saturated rings. The zero-order chi connectivity index (χ0) is 21.1. The summed E-state index contributed by atoms with van der Waals surface area (Å²) in [5.74, 6) is -0.377. The molecule has 3 aromatic rings. The summed E-state index contributed by atoms with van der Waals surface area (Å²) in [5, 5.41) is 16.3. The number of hydrogen-bond acceptors (Lipinski definition) is 7. The molecule has 30 heavy (non-hydrogen) atoms. The second-order valence-corrected chi connectivity index (χ2v) is 9.14. The first-order valence-corrected chi connectivity index (χ1v) is 11.2. The molecular formula is C21H20N4O3S2. The SMILES string of the molecule is Cc1csc(Sc2ccc(C(=O)Nc3cccc(N4CCCC4)c3)cc2[N+](=O)[O-])n1. The van der Waals surface area contributed by atoms with Crippen LogP contribution in [0.3, 0.4) is 0 Å². The minimum Gasteiger partial charge on any atom is -0.371 e. The minimum atomic E-state index is -0.465. The molecule has 0 saturated carbocycles. The van der Waals surface area contributed by atoms with Gasteiger partial charge in [-0.2, -0.15) is 0 Å². The van der Waals surface area contributed by atoms with Crippen molar-refractivity contribution in [3.05, 3.63) is 69.2 Å². The fraction of sp³-hybridized carbons (Fsp3) is 0.238. The van der Waals surface area contributed by atoms with Gasteiger partial charge >= 0.3 is 0 Å². The predicted octanol–water partition coefficient (Wildman–Crippen LogP) is 5.36. The van der Waals surface area contributed by atoms with Crippen LogP contribution < -0.4 is 10.2 Å². The van der Waals surface area contributed by atoms with Crippen LogP contribution >= 0.6 is 23.1 Å². The lowest BCUT2D eigenvalue weighted by atomic mass is 10.1. The molecule has 0 atom stereocenters. The normalized spacial score (nSPS) is 13.4. The van der Waals surface area contributed by atoms with Crippen molar-refractivity contribution in [2.45, 2.75) is 29.0 Å². The third-order valence-corrected chi connectivity index (χ3v) is 6.91. The maximum atomic E-state index is 12.7. The van der Waals surface area contributed by atoms with Gasteiger partial charge in [0.1, 0.15) is 0 Å². The van der Waals surface area contributed by atoms with Gasteiger partial charge in [0, 0.05) is 47.2 Å². The third-order valence-electron chi connectivity index (χ3n) is 4.79. The monoisotopic (exact) mass is 440 g/mol. The van der Waals surface area contributed by atoms with Crippen molar-refractivity contribution in [3.63, 3.8) is 0 Å². The van der Waals surface area contributed by atoms with Crippen LogP contribution in [0, 0.1) is 17.0 Å². The molecule has 2 heterocycles. The summed E-state index contributed by atoms with van der Waals surface area (Å²) >= 11 is 2.67. The number of aromatic nitrogens is 1. The summed E-state index contributed by atoms with van der Waals surface area (Å²) in [4.78, 5) is 30.9. The first-order chi connectivity index (χ1) is 14.5. The average molecular weight is 441 g/mol. The quantitative estimate of drug-likeness (QED) is 0.410. The number of carbonyl (C=O) groups excluding carboxylic acids is 1. The lowest BCUT2D eigenvalue weighted by Gasteiger charge is -2.18. The Bertz CT molecular complexity index is 1090. The zero-order valence-corrected chi connectivity index (χ0v) is 18.0. The Morgan fingerprint density at radius 1 is 1.23 bits per heavy atom. The summed E-state index contributed by atoms with van der Waals surface area (Å²) in [6, 6.07) is 12.2. The van der Waals surface area contributed by atoms with Gasteiger partial charge in [0.05, 0.1) is 9.82 Å². The maximum absolute atomic E-state index is 12.7. The predicted molar refractivity (Wildman–Crippen MR) is 120 cm³/mol. The van der Waals surface area contributed by atoms with E-state index in [-0.39, 0.29) is 17.2 Å². The van der Waals surface area contributed by atoms with E-state index >= 15 is 0 Å². The molecule has 9 heteroatoms. The second-order valence-electron chi connectivity index (χ2n) is 7.00. The van der Waals surface area contributed by atoms with Gasteiger partial charge < -0.3 is 10.2 Å². The number of aryl methyl sites for hydroxylation is 1. The van der Waals surface area contributed by atoms with Gasteiger partial charge in [0.25, 0.3) is 11.6 Å². The highest BCUT2D eigenvalue weighted by Gasteiger charge is 2.20. The van der Waals surface area contributed by atoms with Gasteiger partial charge in [-0.1, -0.05) is 17.8 Å². The molecule has 2 aromatic carbocycles. The van der Waals surface area contributed by atoms with E-state index in [0.717, 1.165) is 28.8 Å². The molecule has 0 spiro atoms. The van der Waals surface area contributed by atoms with E-state index < -0.39 is 4.92 Å². The zero-order valence-electron chi connectivity index (χ0n) is 16.3. The summed E-state index contributed by atoms with van der Waals surface area (Å²) in [7, 11) is 0. The topological polar surface area (TPSA) is 88.4 Å². The van der Waals surface area contributed by atoms with Crippen LogP contribution in [0.25, 0.3) is 0 Å². The Labute approximate surface area is 182 Å². The molecule has 0 unspecified atom stereocenters. The lowest BCUT2D eigenvalue weighted by Crippen LogP contribution is -2.18.